The lowest BCUT2D eigenvalue weighted by molar-refractivity contribution is -0.119. The first-order valence-corrected chi connectivity index (χ1v) is 12.4. The second kappa shape index (κ2) is 8.18. The van der Waals surface area contributed by atoms with Crippen molar-refractivity contribution in [3.05, 3.63) is 49.2 Å². The molecular weight excluding hydrogens is 534 g/mol. The van der Waals surface area contributed by atoms with E-state index in [1.165, 1.54) is 0 Å². The van der Waals surface area contributed by atoms with Crippen LogP contribution in [0.2, 0.25) is 0 Å². The number of dihydropyridines is 1. The highest BCUT2D eigenvalue weighted by Gasteiger charge is 2.46. The Morgan fingerprint density at radius 3 is 1.88 bits per heavy atom. The summed E-state index contributed by atoms with van der Waals surface area (Å²) in [6, 6.07) is 3.89. The molecule has 168 valence electrons. The molecule has 0 aromatic heterocycles. The topological polar surface area (TPSA) is 55.4 Å². The van der Waals surface area contributed by atoms with E-state index in [-0.39, 0.29) is 34.9 Å². The van der Waals surface area contributed by atoms with Crippen molar-refractivity contribution in [3.8, 4) is 18.1 Å². The summed E-state index contributed by atoms with van der Waals surface area (Å²) in [5.41, 5.74) is 4.03. The molecule has 1 heterocycles. The Kier molecular flexibility index (Phi) is 5.96. The van der Waals surface area contributed by atoms with Crippen molar-refractivity contribution in [1.82, 2.24) is 5.32 Å². The largest absolute Gasteiger partial charge is 0.479 e. The molecule has 0 atom stereocenters. The van der Waals surface area contributed by atoms with Gasteiger partial charge in [0.1, 0.15) is 12.4 Å². The summed E-state index contributed by atoms with van der Waals surface area (Å²) in [7, 11) is 0. The minimum atomic E-state index is -0.386. The third kappa shape index (κ3) is 4.22. The molecule has 4 rings (SSSR count). The first-order valence-electron chi connectivity index (χ1n) is 10.8. The third-order valence-electron chi connectivity index (χ3n) is 6.37. The van der Waals surface area contributed by atoms with E-state index < -0.39 is 0 Å². The number of Topliss-reactive ketones (excluding diaryl/α,β-unsaturated/α-hetero) is 2. The molecule has 32 heavy (non-hydrogen) atoms. The lowest BCUT2D eigenvalue weighted by Gasteiger charge is -2.44. The number of allylic oxidation sites excluding steroid dienone is 4. The van der Waals surface area contributed by atoms with Gasteiger partial charge in [-0.05, 0) is 73.2 Å². The minimum Gasteiger partial charge on any atom is -0.479 e. The standard InChI is InChI=1S/C26H27Br2NO3/c1-6-7-32-24-15(27)8-14(9-16(24)28)21-22-17(10-25(2,3)12-19(22)30)29-18-11-26(4,5)13-20(31)23(18)21/h1,8-9,21,29H,7,10-13H2,2-5H3. The Hall–Kier alpha value is -1.84. The molecule has 0 bridgehead atoms. The van der Waals surface area contributed by atoms with Gasteiger partial charge in [0.15, 0.2) is 11.6 Å². The number of terminal acetylenes is 1. The van der Waals surface area contributed by atoms with Crippen LogP contribution in [0.1, 0.15) is 64.9 Å². The normalized spacial score (nSPS) is 22.2. The molecule has 1 aromatic carbocycles. The van der Waals surface area contributed by atoms with E-state index in [0.717, 1.165) is 49.9 Å². The number of carbonyl (C=O) groups excluding carboxylic acids is 2. The highest BCUT2D eigenvalue weighted by molar-refractivity contribution is 9.11. The lowest BCUT2D eigenvalue weighted by atomic mass is 9.64. The number of nitrogens with one attached hydrogen (secondary N) is 1. The van der Waals surface area contributed by atoms with Crippen LogP contribution in [-0.2, 0) is 9.59 Å². The maximum absolute atomic E-state index is 13.4. The number of hydrogen-bond donors (Lipinski definition) is 1. The summed E-state index contributed by atoms with van der Waals surface area (Å²) in [6.45, 7) is 8.63. The van der Waals surface area contributed by atoms with Gasteiger partial charge in [-0.3, -0.25) is 9.59 Å². The highest BCUT2D eigenvalue weighted by Crippen LogP contribution is 2.52. The quantitative estimate of drug-likeness (QED) is 0.447. The van der Waals surface area contributed by atoms with E-state index in [1.807, 2.05) is 12.1 Å². The van der Waals surface area contributed by atoms with Gasteiger partial charge in [-0.1, -0.05) is 33.6 Å². The molecule has 3 aliphatic rings. The SMILES string of the molecule is C#CCOc1c(Br)cc(C2C3=C(CC(C)(C)CC3=O)NC3=C2C(=O)CC(C)(C)C3)cc1Br. The molecule has 1 N–H and O–H groups in total. The third-order valence-corrected chi connectivity index (χ3v) is 7.55. The van der Waals surface area contributed by atoms with Crippen molar-refractivity contribution in [3.63, 3.8) is 0 Å². The van der Waals surface area contributed by atoms with Crippen molar-refractivity contribution in [2.24, 2.45) is 10.8 Å². The fourth-order valence-electron chi connectivity index (χ4n) is 5.22. The molecule has 0 spiro atoms. The van der Waals surface area contributed by atoms with E-state index >= 15 is 0 Å². The number of ether oxygens (including phenoxy) is 1. The Morgan fingerprint density at radius 2 is 1.44 bits per heavy atom. The van der Waals surface area contributed by atoms with Gasteiger partial charge in [-0.2, -0.15) is 0 Å². The summed E-state index contributed by atoms with van der Waals surface area (Å²) in [5.74, 6) is 2.91. The van der Waals surface area contributed by atoms with Crippen LogP contribution < -0.4 is 10.1 Å². The van der Waals surface area contributed by atoms with Gasteiger partial charge in [0.05, 0.1) is 8.95 Å². The van der Waals surface area contributed by atoms with Crippen LogP contribution >= 0.6 is 31.9 Å². The van der Waals surface area contributed by atoms with E-state index in [9.17, 15) is 9.59 Å². The van der Waals surface area contributed by atoms with E-state index in [0.29, 0.717) is 18.6 Å². The van der Waals surface area contributed by atoms with Gasteiger partial charge < -0.3 is 10.1 Å². The number of hydrogen-bond acceptors (Lipinski definition) is 4. The van der Waals surface area contributed by atoms with Crippen LogP contribution in [0.15, 0.2) is 43.6 Å². The van der Waals surface area contributed by atoms with Crippen molar-refractivity contribution >= 4 is 43.4 Å². The van der Waals surface area contributed by atoms with Crippen LogP contribution in [0.25, 0.3) is 0 Å². The van der Waals surface area contributed by atoms with Crippen molar-refractivity contribution in [2.75, 3.05) is 6.61 Å². The fourth-order valence-corrected chi connectivity index (χ4v) is 6.67. The second-order valence-corrected chi connectivity index (χ2v) is 12.2. The molecule has 0 unspecified atom stereocenters. The van der Waals surface area contributed by atoms with Crippen LogP contribution in [-0.4, -0.2) is 18.2 Å². The summed E-state index contributed by atoms with van der Waals surface area (Å²) >= 11 is 7.19. The smallest absolute Gasteiger partial charge is 0.162 e. The summed E-state index contributed by atoms with van der Waals surface area (Å²) in [6.07, 6.45) is 7.84. The number of benzene rings is 1. The Balaban J connectivity index is 1.90. The van der Waals surface area contributed by atoms with Gasteiger partial charge >= 0.3 is 0 Å². The van der Waals surface area contributed by atoms with Crippen molar-refractivity contribution < 1.29 is 14.3 Å². The number of halogens is 2. The summed E-state index contributed by atoms with van der Waals surface area (Å²) < 4.78 is 7.13. The number of ketones is 2. The van der Waals surface area contributed by atoms with Crippen LogP contribution in [0.4, 0.5) is 0 Å². The first kappa shape index (κ1) is 23.3. The van der Waals surface area contributed by atoms with Crippen LogP contribution in [0, 0.1) is 23.2 Å². The maximum Gasteiger partial charge on any atom is 0.162 e. The molecule has 4 nitrogen and oxygen atoms in total. The minimum absolute atomic E-state index is 0.109. The Morgan fingerprint density at radius 1 is 0.969 bits per heavy atom. The predicted molar refractivity (Wildman–Crippen MR) is 132 cm³/mol. The zero-order chi connectivity index (χ0) is 23.4. The number of carbonyl (C=O) groups is 2. The second-order valence-electron chi connectivity index (χ2n) is 10.5. The van der Waals surface area contributed by atoms with Gasteiger partial charge in [-0.25, -0.2) is 0 Å². The van der Waals surface area contributed by atoms with Gasteiger partial charge in [0.2, 0.25) is 0 Å². The first-order chi connectivity index (χ1) is 14.9. The van der Waals surface area contributed by atoms with Crippen molar-refractivity contribution in [1.29, 1.82) is 0 Å². The Labute approximate surface area is 206 Å². The average molecular weight is 561 g/mol. The van der Waals surface area contributed by atoms with E-state index in [1.54, 1.807) is 0 Å². The molecule has 6 heteroatoms. The predicted octanol–water partition coefficient (Wildman–Crippen LogP) is 6.20. The average Bonchev–Trinajstić information content (AvgIpc) is 2.63. The van der Waals surface area contributed by atoms with Crippen LogP contribution in [0.5, 0.6) is 5.75 Å². The van der Waals surface area contributed by atoms with E-state index in [4.69, 9.17) is 11.2 Å². The monoisotopic (exact) mass is 559 g/mol. The number of rotatable bonds is 3. The highest BCUT2D eigenvalue weighted by atomic mass is 79.9. The molecule has 0 radical (unpaired) electrons. The molecule has 0 saturated carbocycles. The van der Waals surface area contributed by atoms with Crippen LogP contribution in [0.3, 0.4) is 0 Å². The van der Waals surface area contributed by atoms with Gasteiger partial charge in [0.25, 0.3) is 0 Å². The molecule has 1 aromatic rings. The molecule has 0 fully saturated rings. The Bertz CT molecular complexity index is 1060. The van der Waals surface area contributed by atoms with Gasteiger partial charge in [-0.15, -0.1) is 6.42 Å². The zero-order valence-corrected chi connectivity index (χ0v) is 22.0. The van der Waals surface area contributed by atoms with E-state index in [2.05, 4.69) is 70.8 Å². The molecule has 0 saturated heterocycles. The van der Waals surface area contributed by atoms with Gasteiger partial charge in [0, 0.05) is 41.3 Å². The fraction of sp³-hybridized carbons (Fsp3) is 0.462. The molecular formula is C26H27Br2NO3. The maximum atomic E-state index is 13.4. The molecule has 1 aliphatic heterocycles. The molecule has 0 amide bonds. The lowest BCUT2D eigenvalue weighted by Crippen LogP contribution is -2.42. The summed E-state index contributed by atoms with van der Waals surface area (Å²) in [5, 5.41) is 3.54. The molecule has 2 aliphatic carbocycles. The zero-order valence-electron chi connectivity index (χ0n) is 18.8. The van der Waals surface area contributed by atoms with Crippen molar-refractivity contribution in [2.45, 2.75) is 59.3 Å². The summed E-state index contributed by atoms with van der Waals surface area (Å²) in [4.78, 5) is 26.8.